The minimum atomic E-state index is -0.327. The van der Waals surface area contributed by atoms with Crippen LogP contribution in [0.5, 0.6) is 0 Å². The molecule has 0 unspecified atom stereocenters. The van der Waals surface area contributed by atoms with Gasteiger partial charge in [0.1, 0.15) is 6.54 Å². The highest BCUT2D eigenvalue weighted by atomic mass is 35.5. The van der Waals surface area contributed by atoms with Crippen LogP contribution in [-0.4, -0.2) is 20.3 Å². The van der Waals surface area contributed by atoms with Gasteiger partial charge in [0.05, 0.1) is 12.2 Å². The van der Waals surface area contributed by atoms with E-state index < -0.39 is 0 Å². The lowest BCUT2D eigenvalue weighted by Crippen LogP contribution is -2.33. The second kappa shape index (κ2) is 7.36. The first-order chi connectivity index (χ1) is 12.0. The lowest BCUT2D eigenvalue weighted by Gasteiger charge is -2.09. The number of carbonyl (C=O) groups is 1. The van der Waals surface area contributed by atoms with Gasteiger partial charge >= 0.3 is 0 Å². The Morgan fingerprint density at radius 2 is 1.92 bits per heavy atom. The first kappa shape index (κ1) is 17.0. The molecular formula is C18H17ClN4O2. The number of benzene rings is 1. The molecule has 0 saturated heterocycles. The highest BCUT2D eigenvalue weighted by Crippen LogP contribution is 2.18. The first-order valence-corrected chi connectivity index (χ1v) is 8.12. The fourth-order valence-corrected chi connectivity index (χ4v) is 2.52. The molecule has 3 aromatic rings. The van der Waals surface area contributed by atoms with Gasteiger partial charge in [-0.15, -0.1) is 0 Å². The average molecular weight is 357 g/mol. The Hall–Kier alpha value is -2.86. The third-order valence-electron chi connectivity index (χ3n) is 3.82. The van der Waals surface area contributed by atoms with Crippen LogP contribution in [0.1, 0.15) is 5.69 Å². The average Bonchev–Trinajstić information content (AvgIpc) is 3.01. The summed E-state index contributed by atoms with van der Waals surface area (Å²) >= 11 is 5.88. The number of rotatable bonds is 5. The highest BCUT2D eigenvalue weighted by molar-refractivity contribution is 6.30. The van der Waals surface area contributed by atoms with Crippen molar-refractivity contribution in [3.8, 4) is 11.3 Å². The van der Waals surface area contributed by atoms with Crippen LogP contribution in [0.2, 0.25) is 5.02 Å². The van der Waals surface area contributed by atoms with Crippen molar-refractivity contribution in [2.45, 2.75) is 13.1 Å². The minimum Gasteiger partial charge on any atom is -0.353 e. The maximum atomic E-state index is 12.1. The van der Waals surface area contributed by atoms with Crippen molar-refractivity contribution in [2.24, 2.45) is 7.05 Å². The Labute approximate surface area is 149 Å². The lowest BCUT2D eigenvalue weighted by atomic mass is 10.1. The van der Waals surface area contributed by atoms with E-state index in [-0.39, 0.29) is 18.0 Å². The topological polar surface area (TPSA) is 68.9 Å². The van der Waals surface area contributed by atoms with Crippen LogP contribution in [0, 0.1) is 0 Å². The molecule has 3 rings (SSSR count). The molecule has 0 spiro atoms. The monoisotopic (exact) mass is 356 g/mol. The molecule has 1 aromatic carbocycles. The van der Waals surface area contributed by atoms with Gasteiger partial charge in [-0.25, -0.2) is 4.68 Å². The van der Waals surface area contributed by atoms with Gasteiger partial charge in [0.2, 0.25) is 5.91 Å². The van der Waals surface area contributed by atoms with Crippen LogP contribution in [-0.2, 0) is 24.9 Å². The number of nitrogens with one attached hydrogen (secondary N) is 1. The van der Waals surface area contributed by atoms with Gasteiger partial charge in [0.15, 0.2) is 0 Å². The Bertz CT molecular complexity index is 944. The van der Waals surface area contributed by atoms with Crippen LogP contribution >= 0.6 is 11.6 Å². The molecule has 0 bridgehead atoms. The van der Waals surface area contributed by atoms with E-state index in [2.05, 4.69) is 10.4 Å². The van der Waals surface area contributed by atoms with Gasteiger partial charge in [-0.3, -0.25) is 9.59 Å². The summed E-state index contributed by atoms with van der Waals surface area (Å²) in [5.74, 6) is -0.274. The second-order valence-electron chi connectivity index (χ2n) is 5.61. The van der Waals surface area contributed by atoms with E-state index in [1.165, 1.54) is 6.07 Å². The van der Waals surface area contributed by atoms with E-state index in [0.29, 0.717) is 17.3 Å². The fraction of sp³-hybridized carbons (Fsp3) is 0.167. The van der Waals surface area contributed by atoms with E-state index in [1.54, 1.807) is 18.2 Å². The molecule has 0 saturated carbocycles. The summed E-state index contributed by atoms with van der Waals surface area (Å²) in [4.78, 5) is 24.1. The van der Waals surface area contributed by atoms with Gasteiger partial charge in [0, 0.05) is 35.6 Å². The molecule has 128 valence electrons. The van der Waals surface area contributed by atoms with Crippen molar-refractivity contribution in [3.05, 3.63) is 75.8 Å². The van der Waals surface area contributed by atoms with Crippen LogP contribution in [0.15, 0.2) is 59.5 Å². The Kier molecular flexibility index (Phi) is 5.00. The van der Waals surface area contributed by atoms with E-state index in [9.17, 15) is 9.59 Å². The zero-order valence-corrected chi connectivity index (χ0v) is 14.4. The molecule has 2 aromatic heterocycles. The number of nitrogens with zero attached hydrogens (tertiary/aromatic N) is 3. The number of carbonyl (C=O) groups excluding carboxylic acids is 1. The Morgan fingerprint density at radius 1 is 1.16 bits per heavy atom. The van der Waals surface area contributed by atoms with E-state index in [4.69, 9.17) is 11.6 Å². The molecule has 0 aliphatic rings. The summed E-state index contributed by atoms with van der Waals surface area (Å²) in [5.41, 5.74) is 2.07. The maximum Gasteiger partial charge on any atom is 0.267 e. The molecule has 0 radical (unpaired) electrons. The van der Waals surface area contributed by atoms with E-state index in [1.807, 2.05) is 42.1 Å². The van der Waals surface area contributed by atoms with Gasteiger partial charge in [-0.05, 0) is 30.3 Å². The number of amides is 1. The van der Waals surface area contributed by atoms with Crippen LogP contribution in [0.25, 0.3) is 11.3 Å². The summed E-state index contributed by atoms with van der Waals surface area (Å²) in [5, 5.41) is 7.68. The lowest BCUT2D eigenvalue weighted by molar-refractivity contribution is -0.122. The van der Waals surface area contributed by atoms with Crippen molar-refractivity contribution in [2.75, 3.05) is 0 Å². The van der Waals surface area contributed by atoms with Crippen LogP contribution in [0.4, 0.5) is 0 Å². The van der Waals surface area contributed by atoms with Crippen molar-refractivity contribution in [3.63, 3.8) is 0 Å². The molecule has 0 aliphatic carbocycles. The molecule has 7 heteroatoms. The van der Waals surface area contributed by atoms with E-state index in [0.717, 1.165) is 15.9 Å². The van der Waals surface area contributed by atoms with Crippen LogP contribution < -0.4 is 10.9 Å². The van der Waals surface area contributed by atoms with Gasteiger partial charge < -0.3 is 9.88 Å². The number of hydrogen-bond donors (Lipinski definition) is 1. The smallest absolute Gasteiger partial charge is 0.267 e. The zero-order valence-electron chi connectivity index (χ0n) is 13.6. The quantitative estimate of drug-likeness (QED) is 0.762. The highest BCUT2D eigenvalue weighted by Gasteiger charge is 2.08. The minimum absolute atomic E-state index is 0.134. The molecule has 1 amide bonds. The molecule has 2 heterocycles. The molecule has 0 fully saturated rings. The molecular weight excluding hydrogens is 340 g/mol. The Balaban J connectivity index is 1.72. The zero-order chi connectivity index (χ0) is 17.8. The third-order valence-corrected chi connectivity index (χ3v) is 4.07. The summed E-state index contributed by atoms with van der Waals surface area (Å²) in [6.45, 7) is 0.263. The number of aromatic nitrogens is 3. The molecule has 0 aliphatic heterocycles. The summed E-state index contributed by atoms with van der Waals surface area (Å²) in [6, 6.07) is 14.0. The number of hydrogen-bond acceptors (Lipinski definition) is 3. The normalized spacial score (nSPS) is 10.6. The fourth-order valence-electron chi connectivity index (χ4n) is 2.40. The van der Waals surface area contributed by atoms with Gasteiger partial charge in [-0.1, -0.05) is 23.7 Å². The Morgan fingerprint density at radius 3 is 2.60 bits per heavy atom. The SMILES string of the molecule is Cn1cccc1CNC(=O)Cn1nc(-c2ccc(Cl)cc2)ccc1=O. The van der Waals surface area contributed by atoms with Gasteiger partial charge in [0.25, 0.3) is 5.56 Å². The third kappa shape index (κ3) is 4.16. The maximum absolute atomic E-state index is 12.1. The number of halogens is 1. The van der Waals surface area contributed by atoms with E-state index >= 15 is 0 Å². The van der Waals surface area contributed by atoms with Crippen molar-refractivity contribution in [1.82, 2.24) is 19.7 Å². The molecule has 1 N–H and O–H groups in total. The molecule has 6 nitrogen and oxygen atoms in total. The van der Waals surface area contributed by atoms with Crippen molar-refractivity contribution < 1.29 is 4.79 Å². The number of aryl methyl sites for hydroxylation is 1. The largest absolute Gasteiger partial charge is 0.353 e. The predicted octanol–water partition coefficient (Wildman–Crippen LogP) is 2.22. The standard InChI is InChI=1S/C18H17ClN4O2/c1-22-10-2-3-15(22)11-20-17(24)12-23-18(25)9-8-16(21-23)13-4-6-14(19)7-5-13/h2-10H,11-12H2,1H3,(H,20,24). The predicted molar refractivity (Wildman–Crippen MR) is 96.2 cm³/mol. The van der Waals surface area contributed by atoms with Crippen LogP contribution in [0.3, 0.4) is 0 Å². The van der Waals surface area contributed by atoms with Crippen molar-refractivity contribution >= 4 is 17.5 Å². The summed E-state index contributed by atoms with van der Waals surface area (Å²) < 4.78 is 3.08. The second-order valence-corrected chi connectivity index (χ2v) is 6.04. The molecule has 25 heavy (non-hydrogen) atoms. The van der Waals surface area contributed by atoms with Crippen molar-refractivity contribution in [1.29, 1.82) is 0 Å². The van der Waals surface area contributed by atoms with Gasteiger partial charge in [-0.2, -0.15) is 5.10 Å². The summed E-state index contributed by atoms with van der Waals surface area (Å²) in [6.07, 6.45) is 1.91. The molecule has 0 atom stereocenters. The first-order valence-electron chi connectivity index (χ1n) is 7.74. The summed E-state index contributed by atoms with van der Waals surface area (Å²) in [7, 11) is 1.91.